The van der Waals surface area contributed by atoms with Gasteiger partial charge in [0.05, 0.1) is 0 Å². The first kappa shape index (κ1) is 24.1. The van der Waals surface area contributed by atoms with E-state index in [-0.39, 0.29) is 24.0 Å². The van der Waals surface area contributed by atoms with Crippen molar-refractivity contribution < 1.29 is 4.74 Å². The molecule has 0 amide bonds. The van der Waals surface area contributed by atoms with Gasteiger partial charge >= 0.3 is 0 Å². The van der Waals surface area contributed by atoms with Gasteiger partial charge in [-0.3, -0.25) is 0 Å². The van der Waals surface area contributed by atoms with E-state index in [9.17, 15) is 0 Å². The fourth-order valence-corrected chi connectivity index (χ4v) is 3.74. The molecule has 0 aliphatic carbocycles. The van der Waals surface area contributed by atoms with Crippen molar-refractivity contribution in [3.05, 3.63) is 11.6 Å². The molecule has 1 aromatic heterocycles. The molecule has 1 aliphatic heterocycles. The van der Waals surface area contributed by atoms with Crippen molar-refractivity contribution in [3.63, 3.8) is 0 Å². The largest absolute Gasteiger partial charge is 0.385 e. The topological polar surface area (TPSA) is 67.6 Å². The number of likely N-dealkylation sites (tertiary alicyclic amines) is 1. The molecule has 27 heavy (non-hydrogen) atoms. The van der Waals surface area contributed by atoms with Crippen molar-refractivity contribution in [2.24, 2.45) is 23.9 Å². The second-order valence-corrected chi connectivity index (χ2v) is 7.21. The summed E-state index contributed by atoms with van der Waals surface area (Å²) in [5.41, 5.74) is 0. The summed E-state index contributed by atoms with van der Waals surface area (Å²) < 4.78 is 7.16. The molecule has 2 heterocycles. The molecule has 0 spiro atoms. The Labute approximate surface area is 181 Å². The Bertz CT molecular complexity index is 573. The molecule has 0 aromatic carbocycles. The third-order valence-corrected chi connectivity index (χ3v) is 5.60. The van der Waals surface area contributed by atoms with Crippen LogP contribution in [0.5, 0.6) is 0 Å². The van der Waals surface area contributed by atoms with E-state index in [2.05, 4.69) is 34.3 Å². The molecule has 7 nitrogen and oxygen atoms in total. The van der Waals surface area contributed by atoms with Gasteiger partial charge in [-0.15, -0.1) is 34.2 Å². The molecule has 1 N–H and O–H groups in total. The summed E-state index contributed by atoms with van der Waals surface area (Å²) in [5, 5.41) is 11.9. The molecular formula is C19H37IN6O. The van der Waals surface area contributed by atoms with Crippen LogP contribution in [0.1, 0.15) is 51.2 Å². The van der Waals surface area contributed by atoms with Crippen molar-refractivity contribution in [2.75, 3.05) is 33.4 Å². The SMILES string of the molecule is CCC(CC)C1CCN(C(=NCc2nnc(C)n2C)NCCCOC)C1.I. The van der Waals surface area contributed by atoms with Gasteiger partial charge in [-0.1, -0.05) is 26.7 Å². The average molecular weight is 492 g/mol. The van der Waals surface area contributed by atoms with E-state index in [1.807, 2.05) is 18.5 Å². The highest BCUT2D eigenvalue weighted by Gasteiger charge is 2.29. The van der Waals surface area contributed by atoms with Crippen molar-refractivity contribution in [2.45, 2.75) is 53.0 Å². The second-order valence-electron chi connectivity index (χ2n) is 7.21. The molecule has 1 aromatic rings. The number of hydrogen-bond acceptors (Lipinski definition) is 4. The van der Waals surface area contributed by atoms with Gasteiger partial charge in [-0.05, 0) is 31.6 Å². The summed E-state index contributed by atoms with van der Waals surface area (Å²) in [4.78, 5) is 7.28. The number of guanidine groups is 1. The minimum atomic E-state index is 0. The van der Waals surface area contributed by atoms with Gasteiger partial charge in [-0.2, -0.15) is 0 Å². The van der Waals surface area contributed by atoms with Crippen LogP contribution in [0, 0.1) is 18.8 Å². The Morgan fingerprint density at radius 2 is 2.07 bits per heavy atom. The normalized spacial score (nSPS) is 17.5. The quantitative estimate of drug-likeness (QED) is 0.249. The van der Waals surface area contributed by atoms with Crippen LogP contribution in [-0.4, -0.2) is 59.0 Å². The Morgan fingerprint density at radius 1 is 1.33 bits per heavy atom. The highest BCUT2D eigenvalue weighted by atomic mass is 127. The van der Waals surface area contributed by atoms with E-state index >= 15 is 0 Å². The third-order valence-electron chi connectivity index (χ3n) is 5.60. The number of nitrogens with zero attached hydrogens (tertiary/aromatic N) is 5. The molecule has 0 radical (unpaired) electrons. The van der Waals surface area contributed by atoms with Gasteiger partial charge in [-0.25, -0.2) is 4.99 Å². The van der Waals surface area contributed by atoms with Gasteiger partial charge < -0.3 is 19.5 Å². The van der Waals surface area contributed by atoms with Crippen molar-refractivity contribution in [3.8, 4) is 0 Å². The standard InChI is InChI=1S/C19H36N6O.HI/c1-6-16(7-2)17-9-11-25(14-17)19(20-10-8-12-26-5)21-13-18-23-22-15(3)24(18)4;/h16-17H,6-14H2,1-5H3,(H,20,21);1H. The Hall–Kier alpha value is -0.900. The predicted molar refractivity (Wildman–Crippen MR) is 121 cm³/mol. The van der Waals surface area contributed by atoms with Crippen molar-refractivity contribution in [1.82, 2.24) is 25.0 Å². The summed E-state index contributed by atoms with van der Waals surface area (Å²) in [6.45, 7) is 10.9. The van der Waals surface area contributed by atoms with E-state index in [1.54, 1.807) is 7.11 Å². The number of aliphatic imine (C=N–C) groups is 1. The maximum Gasteiger partial charge on any atom is 0.194 e. The van der Waals surface area contributed by atoms with Crippen LogP contribution in [0.15, 0.2) is 4.99 Å². The fraction of sp³-hybridized carbons (Fsp3) is 0.842. The molecule has 1 atom stereocenters. The summed E-state index contributed by atoms with van der Waals surface area (Å²) in [5.74, 6) is 4.40. The summed E-state index contributed by atoms with van der Waals surface area (Å²) in [6.07, 6.45) is 4.76. The van der Waals surface area contributed by atoms with Gasteiger partial charge in [0.1, 0.15) is 12.4 Å². The molecule has 1 unspecified atom stereocenters. The minimum absolute atomic E-state index is 0. The monoisotopic (exact) mass is 492 g/mol. The first-order valence-electron chi connectivity index (χ1n) is 9.97. The van der Waals surface area contributed by atoms with Gasteiger partial charge in [0.2, 0.25) is 0 Å². The Balaban J connectivity index is 0.00000364. The molecule has 156 valence electrons. The molecule has 1 saturated heterocycles. The summed E-state index contributed by atoms with van der Waals surface area (Å²) in [6, 6.07) is 0. The molecular weight excluding hydrogens is 455 g/mol. The average Bonchev–Trinajstić information content (AvgIpc) is 3.24. The third kappa shape index (κ3) is 6.89. The molecule has 1 fully saturated rings. The van der Waals surface area contributed by atoms with E-state index in [4.69, 9.17) is 9.73 Å². The van der Waals surface area contributed by atoms with Crippen molar-refractivity contribution >= 4 is 29.9 Å². The molecule has 0 bridgehead atoms. The minimum Gasteiger partial charge on any atom is -0.385 e. The maximum absolute atomic E-state index is 5.16. The first-order valence-corrected chi connectivity index (χ1v) is 9.97. The maximum atomic E-state index is 5.16. The van der Waals surface area contributed by atoms with Crippen LogP contribution >= 0.6 is 24.0 Å². The zero-order chi connectivity index (χ0) is 18.9. The van der Waals surface area contributed by atoms with Crippen LogP contribution in [0.2, 0.25) is 0 Å². The van der Waals surface area contributed by atoms with Gasteiger partial charge in [0.15, 0.2) is 11.8 Å². The Kier molecular flexibility index (Phi) is 11.2. The molecule has 2 rings (SSSR count). The number of halogens is 1. The number of ether oxygens (including phenoxy) is 1. The van der Waals surface area contributed by atoms with Crippen LogP contribution in [0.25, 0.3) is 0 Å². The highest BCUT2D eigenvalue weighted by molar-refractivity contribution is 14.0. The van der Waals surface area contributed by atoms with E-state index in [0.29, 0.717) is 6.54 Å². The van der Waals surface area contributed by atoms with E-state index in [0.717, 1.165) is 62.1 Å². The Morgan fingerprint density at radius 3 is 2.67 bits per heavy atom. The number of aryl methyl sites for hydroxylation is 1. The van der Waals surface area contributed by atoms with Crippen LogP contribution in [0.3, 0.4) is 0 Å². The number of rotatable bonds is 9. The zero-order valence-electron chi connectivity index (χ0n) is 17.6. The lowest BCUT2D eigenvalue weighted by Crippen LogP contribution is -2.41. The lowest BCUT2D eigenvalue weighted by molar-refractivity contribution is 0.195. The first-order chi connectivity index (χ1) is 12.6. The van der Waals surface area contributed by atoms with Crippen LogP contribution < -0.4 is 5.32 Å². The summed E-state index contributed by atoms with van der Waals surface area (Å²) >= 11 is 0. The van der Waals surface area contributed by atoms with Gasteiger partial charge in [0.25, 0.3) is 0 Å². The molecule has 0 saturated carbocycles. The van der Waals surface area contributed by atoms with Crippen molar-refractivity contribution in [1.29, 1.82) is 0 Å². The van der Waals surface area contributed by atoms with Crippen LogP contribution in [-0.2, 0) is 18.3 Å². The highest BCUT2D eigenvalue weighted by Crippen LogP contribution is 2.28. The van der Waals surface area contributed by atoms with Gasteiger partial charge in [0, 0.05) is 40.4 Å². The lowest BCUT2D eigenvalue weighted by Gasteiger charge is -2.24. The smallest absolute Gasteiger partial charge is 0.194 e. The number of nitrogens with one attached hydrogen (secondary N) is 1. The predicted octanol–water partition coefficient (Wildman–Crippen LogP) is 2.98. The second kappa shape index (κ2) is 12.5. The lowest BCUT2D eigenvalue weighted by atomic mass is 9.87. The number of aromatic nitrogens is 3. The van der Waals surface area contributed by atoms with E-state index < -0.39 is 0 Å². The van der Waals surface area contributed by atoms with E-state index in [1.165, 1.54) is 19.3 Å². The fourth-order valence-electron chi connectivity index (χ4n) is 3.74. The molecule has 1 aliphatic rings. The molecule has 8 heteroatoms. The number of hydrogen-bond donors (Lipinski definition) is 1. The number of methoxy groups -OCH3 is 1. The van der Waals surface area contributed by atoms with Crippen LogP contribution in [0.4, 0.5) is 0 Å². The summed E-state index contributed by atoms with van der Waals surface area (Å²) in [7, 11) is 3.73. The zero-order valence-corrected chi connectivity index (χ0v) is 19.9.